The number of nitrogens with zero attached hydrogens (tertiary/aromatic N) is 4. The minimum absolute atomic E-state index is 0.0709. The number of anilines is 1. The molecule has 3 aromatic heterocycles. The molecule has 0 unspecified atom stereocenters. The highest BCUT2D eigenvalue weighted by molar-refractivity contribution is 7.92. The molecule has 12 heteroatoms. The number of fused-ring (bicyclic) bond motifs is 1. The predicted molar refractivity (Wildman–Crippen MR) is 152 cm³/mol. The second-order valence-electron chi connectivity index (χ2n) is 9.48. The summed E-state index contributed by atoms with van der Waals surface area (Å²) < 4.78 is 55.3. The molecule has 5 rings (SSSR count). The number of aromatic nitrogens is 4. The van der Waals surface area contributed by atoms with Crippen LogP contribution in [-0.4, -0.2) is 34.7 Å². The molecule has 41 heavy (non-hydrogen) atoms. The fourth-order valence-corrected chi connectivity index (χ4v) is 5.87. The molecular formula is C29H28FN5O5S. The fraction of sp³-hybridized carbons (Fsp3) is 0.241. The van der Waals surface area contributed by atoms with Gasteiger partial charge in [0.05, 0.1) is 23.7 Å². The monoisotopic (exact) mass is 577 g/mol. The maximum absolute atomic E-state index is 14.3. The molecule has 3 heterocycles. The zero-order valence-electron chi connectivity index (χ0n) is 22.9. The molecule has 0 spiro atoms. The SMILES string of the molecule is CCOCc1cc(Cn2c(=O)ccc3c(C)nc(C)nc32)ccc1-c1ccccc1S(=O)(=O)Nc1noc(C)c1F. The molecular weight excluding hydrogens is 549 g/mol. The zero-order chi connectivity index (χ0) is 29.3. The van der Waals surface area contributed by atoms with Crippen LogP contribution in [0.15, 0.2) is 68.8 Å². The molecule has 0 saturated carbocycles. The molecule has 0 saturated heterocycles. The molecule has 0 amide bonds. The van der Waals surface area contributed by atoms with Gasteiger partial charge in [-0.05, 0) is 56.5 Å². The fourth-order valence-electron chi connectivity index (χ4n) is 4.66. The lowest BCUT2D eigenvalue weighted by Gasteiger charge is -2.17. The molecule has 0 aliphatic rings. The van der Waals surface area contributed by atoms with E-state index in [2.05, 4.69) is 19.8 Å². The highest BCUT2D eigenvalue weighted by atomic mass is 32.2. The van der Waals surface area contributed by atoms with E-state index in [9.17, 15) is 17.6 Å². The van der Waals surface area contributed by atoms with E-state index in [1.54, 1.807) is 41.8 Å². The molecule has 0 aliphatic carbocycles. The highest BCUT2D eigenvalue weighted by Crippen LogP contribution is 2.33. The molecule has 0 atom stereocenters. The van der Waals surface area contributed by atoms with Crippen LogP contribution in [0.5, 0.6) is 0 Å². The van der Waals surface area contributed by atoms with Crippen LogP contribution < -0.4 is 10.3 Å². The molecule has 0 aliphatic heterocycles. The first-order valence-electron chi connectivity index (χ1n) is 12.9. The quantitative estimate of drug-likeness (QED) is 0.262. The average molecular weight is 578 g/mol. The Balaban J connectivity index is 1.58. The van der Waals surface area contributed by atoms with Gasteiger partial charge in [-0.3, -0.25) is 14.1 Å². The van der Waals surface area contributed by atoms with E-state index in [0.717, 1.165) is 16.6 Å². The molecule has 0 fully saturated rings. The average Bonchev–Trinajstić information content (AvgIpc) is 3.25. The third-order valence-electron chi connectivity index (χ3n) is 6.60. The molecule has 212 valence electrons. The van der Waals surface area contributed by atoms with Gasteiger partial charge in [-0.2, -0.15) is 4.39 Å². The number of sulfonamides is 1. The van der Waals surface area contributed by atoms with E-state index < -0.39 is 21.7 Å². The van der Waals surface area contributed by atoms with Crippen molar-refractivity contribution in [1.29, 1.82) is 0 Å². The topological polar surface area (TPSA) is 129 Å². The van der Waals surface area contributed by atoms with Crippen LogP contribution in [0.2, 0.25) is 0 Å². The Labute approximate surface area is 235 Å². The number of rotatable bonds is 9. The zero-order valence-corrected chi connectivity index (χ0v) is 23.8. The number of aryl methyl sites for hydroxylation is 3. The summed E-state index contributed by atoms with van der Waals surface area (Å²) in [6.45, 7) is 7.73. The highest BCUT2D eigenvalue weighted by Gasteiger charge is 2.25. The van der Waals surface area contributed by atoms with Crippen LogP contribution in [0.4, 0.5) is 10.2 Å². The Bertz CT molecular complexity index is 1930. The third kappa shape index (κ3) is 5.61. The van der Waals surface area contributed by atoms with Gasteiger partial charge in [-0.25, -0.2) is 18.4 Å². The maximum Gasteiger partial charge on any atom is 0.263 e. The lowest BCUT2D eigenvalue weighted by atomic mass is 9.97. The Morgan fingerprint density at radius 3 is 2.54 bits per heavy atom. The third-order valence-corrected chi connectivity index (χ3v) is 8.00. The summed E-state index contributed by atoms with van der Waals surface area (Å²) in [5.41, 5.74) is 3.62. The number of halogens is 1. The smallest absolute Gasteiger partial charge is 0.263 e. The van der Waals surface area contributed by atoms with Crippen molar-refractivity contribution >= 4 is 26.9 Å². The van der Waals surface area contributed by atoms with Gasteiger partial charge in [-0.15, -0.1) is 0 Å². The van der Waals surface area contributed by atoms with Crippen molar-refractivity contribution in [1.82, 2.24) is 19.7 Å². The Morgan fingerprint density at radius 2 is 1.80 bits per heavy atom. The lowest BCUT2D eigenvalue weighted by molar-refractivity contribution is 0.134. The summed E-state index contributed by atoms with van der Waals surface area (Å²) in [7, 11) is -4.25. The van der Waals surface area contributed by atoms with E-state index in [1.807, 2.05) is 26.0 Å². The normalized spacial score (nSPS) is 11.7. The number of hydrogen-bond donors (Lipinski definition) is 1. The van der Waals surface area contributed by atoms with Crippen molar-refractivity contribution in [2.45, 2.75) is 45.7 Å². The summed E-state index contributed by atoms with van der Waals surface area (Å²) in [6, 6.07) is 15.1. The molecule has 10 nitrogen and oxygen atoms in total. The molecule has 5 aromatic rings. The van der Waals surface area contributed by atoms with E-state index in [-0.39, 0.29) is 29.4 Å². The summed E-state index contributed by atoms with van der Waals surface area (Å²) in [6.07, 6.45) is 0. The van der Waals surface area contributed by atoms with Crippen LogP contribution in [0, 0.1) is 26.6 Å². The van der Waals surface area contributed by atoms with Gasteiger partial charge in [-0.1, -0.05) is 41.6 Å². The van der Waals surface area contributed by atoms with Crippen LogP contribution in [-0.2, 0) is 27.9 Å². The van der Waals surface area contributed by atoms with Crippen LogP contribution in [0.3, 0.4) is 0 Å². The molecule has 0 radical (unpaired) electrons. The number of ether oxygens (including phenoxy) is 1. The minimum atomic E-state index is -4.25. The summed E-state index contributed by atoms with van der Waals surface area (Å²) in [4.78, 5) is 21.8. The van der Waals surface area contributed by atoms with E-state index in [1.165, 1.54) is 19.1 Å². The van der Waals surface area contributed by atoms with Crippen molar-refractivity contribution in [2.24, 2.45) is 0 Å². The number of nitrogens with one attached hydrogen (secondary N) is 1. The van der Waals surface area contributed by atoms with Crippen LogP contribution >= 0.6 is 0 Å². The first-order chi connectivity index (χ1) is 19.6. The molecule has 2 aromatic carbocycles. The van der Waals surface area contributed by atoms with Gasteiger partial charge in [0.1, 0.15) is 11.5 Å². The number of hydrogen-bond acceptors (Lipinski definition) is 8. The van der Waals surface area contributed by atoms with Crippen molar-refractivity contribution in [3.8, 4) is 11.1 Å². The van der Waals surface area contributed by atoms with E-state index in [0.29, 0.717) is 34.8 Å². The largest absolute Gasteiger partial charge is 0.377 e. The maximum atomic E-state index is 14.3. The van der Waals surface area contributed by atoms with Crippen molar-refractivity contribution < 1.29 is 22.1 Å². The Hall–Kier alpha value is -4.42. The van der Waals surface area contributed by atoms with Gasteiger partial charge in [0.2, 0.25) is 11.6 Å². The summed E-state index contributed by atoms with van der Waals surface area (Å²) >= 11 is 0. The second kappa shape index (κ2) is 11.2. The molecule has 0 bridgehead atoms. The van der Waals surface area contributed by atoms with Gasteiger partial charge < -0.3 is 9.26 Å². The van der Waals surface area contributed by atoms with Gasteiger partial charge in [0.15, 0.2) is 5.76 Å². The van der Waals surface area contributed by atoms with Gasteiger partial charge in [0, 0.05) is 23.6 Å². The van der Waals surface area contributed by atoms with E-state index >= 15 is 0 Å². The summed E-state index contributed by atoms with van der Waals surface area (Å²) in [5, 5.41) is 4.26. The number of benzene rings is 2. The van der Waals surface area contributed by atoms with Gasteiger partial charge in [0.25, 0.3) is 15.6 Å². The summed E-state index contributed by atoms with van der Waals surface area (Å²) in [5.74, 6) is -0.967. The lowest BCUT2D eigenvalue weighted by Crippen LogP contribution is -2.21. The molecule has 1 N–H and O–H groups in total. The van der Waals surface area contributed by atoms with Gasteiger partial charge >= 0.3 is 0 Å². The predicted octanol–water partition coefficient (Wildman–Crippen LogP) is 4.90. The van der Waals surface area contributed by atoms with Crippen molar-refractivity contribution in [3.63, 3.8) is 0 Å². The first-order valence-corrected chi connectivity index (χ1v) is 14.4. The van der Waals surface area contributed by atoms with Crippen molar-refractivity contribution in [3.05, 3.63) is 99.2 Å². The minimum Gasteiger partial charge on any atom is -0.377 e. The standard InChI is InChI=1S/C29H28FN5O5S/c1-5-39-16-21-14-20(15-35-26(36)13-12-22-17(2)31-19(4)32-29(22)35)10-11-23(21)24-8-6-7-9-25(24)41(37,38)34-28-27(30)18(3)40-33-28/h6-14H,5,15-16H2,1-4H3,(H,33,34). The van der Waals surface area contributed by atoms with Crippen LogP contribution in [0.1, 0.15) is 35.3 Å². The first kappa shape index (κ1) is 28.1. The second-order valence-corrected chi connectivity index (χ2v) is 11.1. The van der Waals surface area contributed by atoms with E-state index in [4.69, 9.17) is 9.26 Å². The van der Waals surface area contributed by atoms with Crippen LogP contribution in [0.25, 0.3) is 22.2 Å². The van der Waals surface area contributed by atoms with Crippen molar-refractivity contribution in [2.75, 3.05) is 11.3 Å². The Kier molecular flexibility index (Phi) is 7.70. The number of pyridine rings is 1. The Morgan fingerprint density at radius 1 is 1.02 bits per heavy atom.